The van der Waals surface area contributed by atoms with Gasteiger partial charge in [0.15, 0.2) is 0 Å². The molecule has 7 rings (SSSR count). The van der Waals surface area contributed by atoms with Gasteiger partial charge in [-0.3, -0.25) is 0 Å². The van der Waals surface area contributed by atoms with Gasteiger partial charge in [0.05, 0.1) is 28.3 Å². The smallest absolute Gasteiger partial charge is 0.132 e. The fourth-order valence-corrected chi connectivity index (χ4v) is 5.33. The van der Waals surface area contributed by atoms with E-state index in [1.165, 1.54) is 19.1 Å². The second-order valence-corrected chi connectivity index (χ2v) is 10.2. The van der Waals surface area contributed by atoms with Crippen molar-refractivity contribution < 1.29 is 13.6 Å². The van der Waals surface area contributed by atoms with Crippen molar-refractivity contribution >= 4 is 57.0 Å². The number of H-pyrrole nitrogens is 1. The second-order valence-electron chi connectivity index (χ2n) is 9.46. The van der Waals surface area contributed by atoms with Crippen LogP contribution in [0.4, 0.5) is 14.5 Å². The maximum atomic E-state index is 14.0. The van der Waals surface area contributed by atoms with Crippen LogP contribution >= 0.6 is 23.2 Å². The van der Waals surface area contributed by atoms with Gasteiger partial charge in [-0.1, -0.05) is 41.4 Å². The van der Waals surface area contributed by atoms with E-state index in [-0.39, 0.29) is 17.7 Å². The Balaban J connectivity index is 0.000000151. The molecule has 6 aromatic rings. The van der Waals surface area contributed by atoms with Crippen LogP contribution in [0.2, 0.25) is 10.3 Å². The number of hydrogen-bond donors (Lipinski definition) is 2. The largest absolute Gasteiger partial charge is 0.397 e. The van der Waals surface area contributed by atoms with Crippen LogP contribution in [-0.4, -0.2) is 25.8 Å². The number of nitrogens with one attached hydrogen (secondary N) is 1. The maximum Gasteiger partial charge on any atom is 0.132 e. The molecule has 3 N–H and O–H groups in total. The van der Waals surface area contributed by atoms with Crippen molar-refractivity contribution in [2.45, 2.75) is 26.3 Å². The molecule has 0 bridgehead atoms. The topological polar surface area (TPSA) is 89.6 Å². The number of carbonyl (C=O) groups is 1. The summed E-state index contributed by atoms with van der Waals surface area (Å²) in [7, 11) is 0. The molecule has 0 radical (unpaired) electrons. The van der Waals surface area contributed by atoms with E-state index in [1.807, 2.05) is 24.3 Å². The number of fused-ring (bicyclic) bond motifs is 6. The molecular formula is C31H25Cl2F2N5O. The predicted molar refractivity (Wildman–Crippen MR) is 161 cm³/mol. The third-order valence-electron chi connectivity index (χ3n) is 6.73. The fourth-order valence-electron chi connectivity index (χ4n) is 5.04. The molecule has 2 aromatic carbocycles. The van der Waals surface area contributed by atoms with E-state index >= 15 is 0 Å². The highest BCUT2D eigenvalue weighted by molar-refractivity contribution is 6.29. The minimum Gasteiger partial charge on any atom is -0.397 e. The lowest BCUT2D eigenvalue weighted by Crippen LogP contribution is -2.16. The number of carbonyl (C=O) groups excluding carboxylic acids is 1. The van der Waals surface area contributed by atoms with Crippen molar-refractivity contribution in [3.8, 4) is 22.8 Å². The number of halogens is 4. The summed E-state index contributed by atoms with van der Waals surface area (Å²) in [6.07, 6.45) is 1.63. The summed E-state index contributed by atoms with van der Waals surface area (Å²) in [6.45, 7) is 3.59. The summed E-state index contributed by atoms with van der Waals surface area (Å²) in [6, 6.07) is 21.0. The number of rotatable bonds is 1. The van der Waals surface area contributed by atoms with E-state index < -0.39 is 0 Å². The van der Waals surface area contributed by atoms with Gasteiger partial charge in [0.25, 0.3) is 0 Å². The van der Waals surface area contributed by atoms with E-state index in [2.05, 4.69) is 26.4 Å². The van der Waals surface area contributed by atoms with Crippen molar-refractivity contribution in [1.82, 2.24) is 19.5 Å². The summed E-state index contributed by atoms with van der Waals surface area (Å²) in [5.74, 6) is -0.476. The second kappa shape index (κ2) is 11.7. The van der Waals surface area contributed by atoms with Crippen molar-refractivity contribution in [1.29, 1.82) is 0 Å². The Morgan fingerprint density at radius 3 is 2.27 bits per heavy atom. The zero-order valence-electron chi connectivity index (χ0n) is 22.1. The van der Waals surface area contributed by atoms with Crippen molar-refractivity contribution in [3.63, 3.8) is 0 Å². The zero-order chi connectivity index (χ0) is 29.3. The Labute approximate surface area is 244 Å². The van der Waals surface area contributed by atoms with E-state index in [0.717, 1.165) is 35.2 Å². The summed E-state index contributed by atoms with van der Waals surface area (Å²) in [5.41, 5.74) is 12.1. The van der Waals surface area contributed by atoms with Crippen molar-refractivity contribution in [2.75, 3.05) is 5.73 Å². The van der Waals surface area contributed by atoms with Crippen LogP contribution < -0.4 is 5.73 Å². The van der Waals surface area contributed by atoms with E-state index in [4.69, 9.17) is 33.7 Å². The SMILES string of the molecule is CC1Cc2ccc(Cl)nc2-c2cc3c(F)cccc3n21.CC=O.Nc1ccc(Cl)nc1-c1cc2c(F)cccc2[nH]1. The van der Waals surface area contributed by atoms with E-state index in [1.54, 1.807) is 36.4 Å². The van der Waals surface area contributed by atoms with Crippen molar-refractivity contribution in [3.05, 3.63) is 100 Å². The van der Waals surface area contributed by atoms with Crippen molar-refractivity contribution in [2.24, 2.45) is 0 Å². The molecule has 1 aliphatic rings. The molecule has 1 unspecified atom stereocenters. The maximum absolute atomic E-state index is 14.0. The van der Waals surface area contributed by atoms with Crippen LogP contribution in [0, 0.1) is 11.6 Å². The molecule has 0 saturated carbocycles. The Morgan fingerprint density at radius 2 is 1.56 bits per heavy atom. The van der Waals surface area contributed by atoms with Crippen LogP contribution in [0.15, 0.2) is 72.8 Å². The fraction of sp³-hybridized carbons (Fsp3) is 0.129. The number of aromatic amines is 1. The molecule has 0 amide bonds. The number of nitrogens with zero attached hydrogens (tertiary/aromatic N) is 3. The average Bonchev–Trinajstić information content (AvgIpc) is 3.56. The molecule has 0 fully saturated rings. The van der Waals surface area contributed by atoms with Gasteiger partial charge < -0.3 is 20.1 Å². The first-order valence-corrected chi connectivity index (χ1v) is 13.5. The van der Waals surface area contributed by atoms with Gasteiger partial charge in [0.1, 0.15) is 33.9 Å². The van der Waals surface area contributed by atoms with Gasteiger partial charge in [-0.15, -0.1) is 0 Å². The highest BCUT2D eigenvalue weighted by Gasteiger charge is 2.25. The molecule has 10 heteroatoms. The monoisotopic (exact) mass is 591 g/mol. The van der Waals surface area contributed by atoms with E-state index in [9.17, 15) is 8.78 Å². The molecule has 5 heterocycles. The van der Waals surface area contributed by atoms with Crippen LogP contribution in [-0.2, 0) is 11.2 Å². The van der Waals surface area contributed by atoms with Crippen LogP contribution in [0.5, 0.6) is 0 Å². The minimum absolute atomic E-state index is 0.194. The van der Waals surface area contributed by atoms with E-state index in [0.29, 0.717) is 43.7 Å². The van der Waals surface area contributed by atoms with Gasteiger partial charge >= 0.3 is 0 Å². The normalized spacial score (nSPS) is 13.5. The molecule has 0 aliphatic carbocycles. The molecule has 1 atom stereocenters. The molecular weight excluding hydrogens is 567 g/mol. The molecule has 6 nitrogen and oxygen atoms in total. The molecule has 4 aromatic heterocycles. The molecule has 41 heavy (non-hydrogen) atoms. The van der Waals surface area contributed by atoms with Gasteiger partial charge in [-0.25, -0.2) is 18.7 Å². The molecule has 0 saturated heterocycles. The Hall–Kier alpha value is -4.27. The third-order valence-corrected chi connectivity index (χ3v) is 7.15. The van der Waals surface area contributed by atoms with Gasteiger partial charge in [0, 0.05) is 22.3 Å². The number of aromatic nitrogens is 4. The molecule has 208 valence electrons. The third kappa shape index (κ3) is 5.53. The average molecular weight is 592 g/mol. The highest BCUT2D eigenvalue weighted by Crippen LogP contribution is 2.39. The van der Waals surface area contributed by atoms with Gasteiger partial charge in [-0.05, 0) is 80.4 Å². The first-order valence-electron chi connectivity index (χ1n) is 12.8. The Bertz CT molecular complexity index is 1900. The minimum atomic E-state index is -0.282. The number of benzene rings is 2. The standard InChI is InChI=1S/C16H12ClFN2.C13H9ClFN3.C2H4O/c1-9-7-10-5-6-15(17)19-16(10)14-8-11-12(18)3-2-4-13(11)20(9)14;14-12-5-4-9(16)13(18-12)11-6-7-8(15)2-1-3-10(7)17-11;1-2-3/h2-6,8-9H,7H2,1H3;1-6,17H,16H2;2H,1H3. The summed E-state index contributed by atoms with van der Waals surface area (Å²) in [5, 5.41) is 1.96. The van der Waals surface area contributed by atoms with Crippen LogP contribution in [0.3, 0.4) is 0 Å². The molecule has 1 aliphatic heterocycles. The predicted octanol–water partition coefficient (Wildman–Crippen LogP) is 8.42. The van der Waals surface area contributed by atoms with Gasteiger partial charge in [0.2, 0.25) is 0 Å². The summed E-state index contributed by atoms with van der Waals surface area (Å²) >= 11 is 11.9. The number of pyridine rings is 2. The first-order chi connectivity index (χ1) is 19.7. The summed E-state index contributed by atoms with van der Waals surface area (Å²) in [4.78, 5) is 20.5. The van der Waals surface area contributed by atoms with Crippen LogP contribution in [0.1, 0.15) is 25.5 Å². The number of hydrogen-bond acceptors (Lipinski definition) is 4. The number of aldehydes is 1. The summed E-state index contributed by atoms with van der Waals surface area (Å²) < 4.78 is 29.7. The quantitative estimate of drug-likeness (QED) is 0.148. The highest BCUT2D eigenvalue weighted by atomic mass is 35.5. The lowest BCUT2D eigenvalue weighted by molar-refractivity contribution is -0.106. The zero-order valence-corrected chi connectivity index (χ0v) is 23.6. The number of nitrogen functional groups attached to an aromatic ring is 1. The van der Waals surface area contributed by atoms with Gasteiger partial charge in [-0.2, -0.15) is 0 Å². The molecule has 0 spiro atoms. The Morgan fingerprint density at radius 1 is 0.927 bits per heavy atom. The number of anilines is 1. The Kier molecular flexibility index (Phi) is 8.06. The first kappa shape index (κ1) is 28.3. The number of nitrogens with two attached hydrogens (primary N) is 1. The lowest BCUT2D eigenvalue weighted by atomic mass is 9.99. The van der Waals surface area contributed by atoms with Crippen LogP contribution in [0.25, 0.3) is 44.6 Å². The lowest BCUT2D eigenvalue weighted by Gasteiger charge is -2.25.